The number of pyridine rings is 1. The van der Waals surface area contributed by atoms with E-state index in [4.69, 9.17) is 25.9 Å². The zero-order valence-electron chi connectivity index (χ0n) is 16.9. The minimum absolute atomic E-state index is 0.0809. The summed E-state index contributed by atoms with van der Waals surface area (Å²) in [6.07, 6.45) is 0.709. The second-order valence-corrected chi connectivity index (χ2v) is 7.81. The minimum Gasteiger partial charge on any atom is -0.470 e. The molecule has 9 heteroatoms. The highest BCUT2D eigenvalue weighted by Gasteiger charge is 2.22. The number of hydrogen-bond acceptors (Lipinski definition) is 8. The topological polar surface area (TPSA) is 138 Å². The van der Waals surface area contributed by atoms with Crippen LogP contribution in [0.5, 0.6) is 5.88 Å². The first kappa shape index (κ1) is 20.0. The van der Waals surface area contributed by atoms with Crippen molar-refractivity contribution in [1.29, 1.82) is 0 Å². The first-order valence-electron chi connectivity index (χ1n) is 9.69. The van der Waals surface area contributed by atoms with Gasteiger partial charge in [0, 0.05) is 17.7 Å². The van der Waals surface area contributed by atoms with Crippen LogP contribution in [0.15, 0.2) is 36.4 Å². The number of anilines is 2. The Morgan fingerprint density at radius 2 is 1.93 bits per heavy atom. The van der Waals surface area contributed by atoms with E-state index in [1.165, 1.54) is 0 Å². The van der Waals surface area contributed by atoms with Crippen LogP contribution in [-0.4, -0.2) is 45.7 Å². The average molecular weight is 408 g/mol. The summed E-state index contributed by atoms with van der Waals surface area (Å²) in [6, 6.07) is 11.0. The lowest BCUT2D eigenvalue weighted by Gasteiger charge is -2.17. The number of benzene rings is 1. The van der Waals surface area contributed by atoms with E-state index in [2.05, 4.69) is 15.3 Å². The Balaban J connectivity index is 1.62. The lowest BCUT2D eigenvalue weighted by molar-refractivity contribution is -0.120. The predicted octanol–water partition coefficient (Wildman–Crippen LogP) is 2.12. The SMILES string of the molecule is CC(C)(N)C(=O)Nc1ccc(-c2ccc3nc(N)nc(OC4CCOC4)c3n2)cc1. The van der Waals surface area contributed by atoms with Gasteiger partial charge >= 0.3 is 0 Å². The summed E-state index contributed by atoms with van der Waals surface area (Å²) in [6.45, 7) is 4.48. The molecule has 1 saturated heterocycles. The van der Waals surface area contributed by atoms with E-state index in [-0.39, 0.29) is 18.0 Å². The number of rotatable bonds is 5. The molecule has 9 nitrogen and oxygen atoms in total. The minimum atomic E-state index is -0.957. The first-order chi connectivity index (χ1) is 14.3. The van der Waals surface area contributed by atoms with Gasteiger partial charge < -0.3 is 26.3 Å². The van der Waals surface area contributed by atoms with E-state index in [1.807, 2.05) is 24.3 Å². The number of carbonyl (C=O) groups excluding carboxylic acids is 1. The summed E-state index contributed by atoms with van der Waals surface area (Å²) in [5.74, 6) is 0.226. The number of nitrogens with one attached hydrogen (secondary N) is 1. The van der Waals surface area contributed by atoms with E-state index in [9.17, 15) is 4.79 Å². The van der Waals surface area contributed by atoms with Gasteiger partial charge in [0.1, 0.15) is 6.10 Å². The number of nitrogen functional groups attached to an aromatic ring is 1. The van der Waals surface area contributed by atoms with Gasteiger partial charge in [-0.2, -0.15) is 4.98 Å². The first-order valence-corrected chi connectivity index (χ1v) is 9.69. The van der Waals surface area contributed by atoms with Crippen LogP contribution in [0.3, 0.4) is 0 Å². The van der Waals surface area contributed by atoms with Gasteiger partial charge in [-0.15, -0.1) is 0 Å². The molecule has 1 fully saturated rings. The number of ether oxygens (including phenoxy) is 2. The summed E-state index contributed by atoms with van der Waals surface area (Å²) < 4.78 is 11.3. The fraction of sp³-hybridized carbons (Fsp3) is 0.333. The van der Waals surface area contributed by atoms with Crippen LogP contribution >= 0.6 is 0 Å². The second kappa shape index (κ2) is 7.85. The summed E-state index contributed by atoms with van der Waals surface area (Å²) >= 11 is 0. The fourth-order valence-electron chi connectivity index (χ4n) is 3.03. The van der Waals surface area contributed by atoms with E-state index >= 15 is 0 Å². The van der Waals surface area contributed by atoms with Crippen molar-refractivity contribution in [2.45, 2.75) is 31.9 Å². The molecule has 0 radical (unpaired) electrons. The monoisotopic (exact) mass is 408 g/mol. The van der Waals surface area contributed by atoms with Crippen molar-refractivity contribution >= 4 is 28.6 Å². The molecule has 1 aliphatic heterocycles. The Hall–Kier alpha value is -3.30. The number of nitrogens with two attached hydrogens (primary N) is 2. The zero-order valence-corrected chi connectivity index (χ0v) is 16.9. The van der Waals surface area contributed by atoms with Crippen LogP contribution in [0.1, 0.15) is 20.3 Å². The molecule has 2 aromatic heterocycles. The maximum absolute atomic E-state index is 12.0. The number of nitrogens with zero attached hydrogens (tertiary/aromatic N) is 3. The van der Waals surface area contributed by atoms with Crippen molar-refractivity contribution in [2.24, 2.45) is 5.73 Å². The Bertz CT molecular complexity index is 1070. The summed E-state index contributed by atoms with van der Waals surface area (Å²) in [4.78, 5) is 25.2. The molecule has 4 rings (SSSR count). The number of fused-ring (bicyclic) bond motifs is 1. The van der Waals surface area contributed by atoms with Gasteiger partial charge in [0.05, 0.1) is 30.0 Å². The van der Waals surface area contributed by atoms with E-state index in [0.717, 1.165) is 17.7 Å². The van der Waals surface area contributed by atoms with Crippen LogP contribution in [0.4, 0.5) is 11.6 Å². The molecule has 3 aromatic rings. The molecule has 156 valence electrons. The molecule has 1 atom stereocenters. The van der Waals surface area contributed by atoms with Crippen molar-refractivity contribution in [3.05, 3.63) is 36.4 Å². The largest absolute Gasteiger partial charge is 0.470 e. The van der Waals surface area contributed by atoms with Crippen molar-refractivity contribution < 1.29 is 14.3 Å². The quantitative estimate of drug-likeness (QED) is 0.583. The highest BCUT2D eigenvalue weighted by Crippen LogP contribution is 2.28. The van der Waals surface area contributed by atoms with Crippen molar-refractivity contribution in [2.75, 3.05) is 24.3 Å². The maximum Gasteiger partial charge on any atom is 0.245 e. The number of hydrogen-bond donors (Lipinski definition) is 3. The van der Waals surface area contributed by atoms with Gasteiger partial charge in [0.2, 0.25) is 17.7 Å². The van der Waals surface area contributed by atoms with Gasteiger partial charge in [-0.3, -0.25) is 4.79 Å². The molecular weight excluding hydrogens is 384 g/mol. The molecular formula is C21H24N6O3. The fourth-order valence-corrected chi connectivity index (χ4v) is 3.03. The Labute approximate surface area is 173 Å². The van der Waals surface area contributed by atoms with Crippen molar-refractivity contribution in [1.82, 2.24) is 15.0 Å². The van der Waals surface area contributed by atoms with E-state index in [0.29, 0.717) is 35.8 Å². The number of carbonyl (C=O) groups is 1. The normalized spacial score (nSPS) is 16.6. The predicted molar refractivity (Wildman–Crippen MR) is 114 cm³/mol. The molecule has 0 bridgehead atoms. The number of aromatic nitrogens is 3. The van der Waals surface area contributed by atoms with Crippen LogP contribution < -0.4 is 21.5 Å². The highest BCUT2D eigenvalue weighted by molar-refractivity contribution is 5.97. The number of amides is 1. The standard InChI is InChI=1S/C21H24N6O3/c1-21(2,23)19(28)24-13-5-3-12(4-6-13)15-7-8-16-17(25-15)18(27-20(22)26-16)30-14-9-10-29-11-14/h3-8,14H,9-11,23H2,1-2H3,(H,24,28)(H2,22,26,27). The van der Waals surface area contributed by atoms with Crippen LogP contribution in [-0.2, 0) is 9.53 Å². The lowest BCUT2D eigenvalue weighted by atomic mass is 10.1. The third kappa shape index (κ3) is 4.32. The molecule has 0 spiro atoms. The second-order valence-electron chi connectivity index (χ2n) is 7.81. The van der Waals surface area contributed by atoms with Gasteiger partial charge in [-0.05, 0) is 38.1 Å². The van der Waals surface area contributed by atoms with Crippen molar-refractivity contribution in [3.8, 4) is 17.1 Å². The zero-order chi connectivity index (χ0) is 21.3. The summed E-state index contributed by atoms with van der Waals surface area (Å²) in [5, 5.41) is 2.80. The van der Waals surface area contributed by atoms with E-state index < -0.39 is 5.54 Å². The molecule has 1 amide bonds. The average Bonchev–Trinajstić information content (AvgIpc) is 3.20. The molecule has 3 heterocycles. The Morgan fingerprint density at radius 3 is 2.60 bits per heavy atom. The van der Waals surface area contributed by atoms with Crippen LogP contribution in [0.2, 0.25) is 0 Å². The third-order valence-corrected chi connectivity index (χ3v) is 4.72. The van der Waals surface area contributed by atoms with Gasteiger partial charge in [-0.25, -0.2) is 9.97 Å². The van der Waals surface area contributed by atoms with Gasteiger partial charge in [0.15, 0.2) is 5.52 Å². The van der Waals surface area contributed by atoms with Crippen LogP contribution in [0.25, 0.3) is 22.3 Å². The molecule has 30 heavy (non-hydrogen) atoms. The smallest absolute Gasteiger partial charge is 0.245 e. The van der Waals surface area contributed by atoms with Crippen molar-refractivity contribution in [3.63, 3.8) is 0 Å². The summed E-state index contributed by atoms with van der Waals surface area (Å²) in [7, 11) is 0. The Morgan fingerprint density at radius 1 is 1.17 bits per heavy atom. The molecule has 1 unspecified atom stereocenters. The van der Waals surface area contributed by atoms with Gasteiger partial charge in [0.25, 0.3) is 0 Å². The molecule has 1 aliphatic rings. The molecule has 0 saturated carbocycles. The van der Waals surface area contributed by atoms with E-state index in [1.54, 1.807) is 26.0 Å². The third-order valence-electron chi connectivity index (χ3n) is 4.72. The molecule has 5 N–H and O–H groups in total. The van der Waals surface area contributed by atoms with Gasteiger partial charge in [-0.1, -0.05) is 12.1 Å². The maximum atomic E-state index is 12.0. The molecule has 0 aliphatic carbocycles. The van der Waals surface area contributed by atoms with Crippen LogP contribution in [0, 0.1) is 0 Å². The summed E-state index contributed by atoms with van der Waals surface area (Å²) in [5.41, 5.74) is 14.1. The lowest BCUT2D eigenvalue weighted by Crippen LogP contribution is -2.45. The Kier molecular flexibility index (Phi) is 5.23. The molecule has 1 aromatic carbocycles. The highest BCUT2D eigenvalue weighted by atomic mass is 16.5.